The van der Waals surface area contributed by atoms with E-state index in [-0.39, 0.29) is 23.9 Å². The van der Waals surface area contributed by atoms with Gasteiger partial charge in [-0.05, 0) is 55.0 Å². The fourth-order valence-electron chi connectivity index (χ4n) is 3.44. The molecule has 0 bridgehead atoms. The third kappa shape index (κ3) is 5.14. The Morgan fingerprint density at radius 2 is 1.78 bits per heavy atom. The molecular weight excluding hydrogens is 453 g/mol. The summed E-state index contributed by atoms with van der Waals surface area (Å²) in [6, 6.07) is 11.7. The quantitative estimate of drug-likeness (QED) is 0.546. The van der Waals surface area contributed by atoms with E-state index in [9.17, 15) is 17.6 Å². The highest BCUT2D eigenvalue weighted by Crippen LogP contribution is 2.20. The number of amides is 1. The number of aromatic nitrogens is 1. The van der Waals surface area contributed by atoms with E-state index in [0.29, 0.717) is 37.4 Å². The highest BCUT2D eigenvalue weighted by Gasteiger charge is 2.28. The smallest absolute Gasteiger partial charge is 0.253 e. The van der Waals surface area contributed by atoms with E-state index < -0.39 is 15.8 Å². The number of hydrogen-bond acceptors (Lipinski definition) is 6. The predicted octanol–water partition coefficient (Wildman–Crippen LogP) is 3.40. The maximum atomic E-state index is 13.2. The monoisotopic (exact) mass is 475 g/mol. The van der Waals surface area contributed by atoms with Crippen LogP contribution in [0.15, 0.2) is 64.3 Å². The Balaban J connectivity index is 1.37. The molecule has 1 fully saturated rings. The fourth-order valence-corrected chi connectivity index (χ4v) is 5.45. The molecular formula is C22H22FN3O4S2. The molecule has 1 aliphatic rings. The highest BCUT2D eigenvalue weighted by atomic mass is 32.2. The average molecular weight is 476 g/mol. The van der Waals surface area contributed by atoms with Gasteiger partial charge in [-0.2, -0.15) is 4.31 Å². The SMILES string of the molecule is O=C(c1ccc(OCc2cscn2)cc1)N1CCCN(S(=O)(=O)c2ccc(F)cc2)CC1. The maximum absolute atomic E-state index is 13.2. The first kappa shape index (κ1) is 22.4. The molecule has 2 aromatic carbocycles. The zero-order valence-electron chi connectivity index (χ0n) is 17.2. The number of rotatable bonds is 6. The summed E-state index contributed by atoms with van der Waals surface area (Å²) in [6.07, 6.45) is 0.515. The van der Waals surface area contributed by atoms with Crippen LogP contribution in [0.5, 0.6) is 5.75 Å². The van der Waals surface area contributed by atoms with Crippen LogP contribution in [0.1, 0.15) is 22.5 Å². The van der Waals surface area contributed by atoms with Gasteiger partial charge in [-0.15, -0.1) is 11.3 Å². The van der Waals surface area contributed by atoms with Crippen LogP contribution in [0.2, 0.25) is 0 Å². The Bertz CT molecular complexity index is 1150. The molecule has 10 heteroatoms. The van der Waals surface area contributed by atoms with Crippen molar-refractivity contribution in [1.82, 2.24) is 14.2 Å². The molecule has 7 nitrogen and oxygen atoms in total. The van der Waals surface area contributed by atoms with Crippen molar-refractivity contribution in [3.8, 4) is 5.75 Å². The van der Waals surface area contributed by atoms with Gasteiger partial charge in [0, 0.05) is 37.1 Å². The number of benzene rings is 2. The van der Waals surface area contributed by atoms with Gasteiger partial charge < -0.3 is 9.64 Å². The van der Waals surface area contributed by atoms with Crippen molar-refractivity contribution in [2.24, 2.45) is 0 Å². The Hall–Kier alpha value is -2.82. The van der Waals surface area contributed by atoms with Gasteiger partial charge in [0.25, 0.3) is 5.91 Å². The molecule has 2 heterocycles. The summed E-state index contributed by atoms with van der Waals surface area (Å²) in [5.41, 5.74) is 3.11. The van der Waals surface area contributed by atoms with Gasteiger partial charge in [-0.1, -0.05) is 0 Å². The predicted molar refractivity (Wildman–Crippen MR) is 119 cm³/mol. The van der Waals surface area contributed by atoms with E-state index in [4.69, 9.17) is 4.74 Å². The molecule has 0 radical (unpaired) electrons. The summed E-state index contributed by atoms with van der Waals surface area (Å²) in [7, 11) is -3.74. The lowest BCUT2D eigenvalue weighted by molar-refractivity contribution is 0.0764. The Morgan fingerprint density at radius 1 is 1.03 bits per heavy atom. The van der Waals surface area contributed by atoms with E-state index in [1.807, 2.05) is 5.38 Å². The number of carbonyl (C=O) groups is 1. The molecule has 3 aromatic rings. The second-order valence-corrected chi connectivity index (χ2v) is 9.95. The van der Waals surface area contributed by atoms with Gasteiger partial charge in [0.15, 0.2) is 0 Å². The first-order chi connectivity index (χ1) is 15.4. The van der Waals surface area contributed by atoms with Crippen LogP contribution >= 0.6 is 11.3 Å². The number of halogens is 1. The van der Waals surface area contributed by atoms with Gasteiger partial charge >= 0.3 is 0 Å². The van der Waals surface area contributed by atoms with Crippen LogP contribution in [0.4, 0.5) is 4.39 Å². The Labute approximate surface area is 190 Å². The van der Waals surface area contributed by atoms with Gasteiger partial charge in [-0.25, -0.2) is 17.8 Å². The molecule has 0 unspecified atom stereocenters. The molecule has 1 amide bonds. The molecule has 0 saturated carbocycles. The van der Waals surface area contributed by atoms with Crippen LogP contribution in [0, 0.1) is 5.82 Å². The van der Waals surface area contributed by atoms with E-state index in [1.165, 1.54) is 27.8 Å². The number of hydrogen-bond donors (Lipinski definition) is 0. The van der Waals surface area contributed by atoms with Crippen molar-refractivity contribution >= 4 is 27.3 Å². The Morgan fingerprint density at radius 3 is 2.47 bits per heavy atom. The van der Waals surface area contributed by atoms with E-state index in [0.717, 1.165) is 17.8 Å². The second kappa shape index (κ2) is 9.76. The summed E-state index contributed by atoms with van der Waals surface area (Å²) in [6.45, 7) is 1.58. The third-order valence-corrected chi connectivity index (χ3v) is 7.71. The fraction of sp³-hybridized carbons (Fsp3) is 0.273. The molecule has 4 rings (SSSR count). The van der Waals surface area contributed by atoms with Crippen molar-refractivity contribution in [2.75, 3.05) is 26.2 Å². The van der Waals surface area contributed by atoms with Crippen molar-refractivity contribution in [3.63, 3.8) is 0 Å². The number of nitrogens with zero attached hydrogens (tertiary/aromatic N) is 3. The molecule has 0 atom stereocenters. The number of sulfonamides is 1. The number of thiazole rings is 1. The zero-order chi connectivity index (χ0) is 22.6. The van der Waals surface area contributed by atoms with Crippen LogP contribution in [-0.4, -0.2) is 54.7 Å². The topological polar surface area (TPSA) is 79.8 Å². The van der Waals surface area contributed by atoms with E-state index in [1.54, 1.807) is 34.7 Å². The van der Waals surface area contributed by atoms with Gasteiger partial charge in [0.2, 0.25) is 10.0 Å². The highest BCUT2D eigenvalue weighted by molar-refractivity contribution is 7.89. The van der Waals surface area contributed by atoms with Crippen molar-refractivity contribution in [1.29, 1.82) is 0 Å². The Kier molecular flexibility index (Phi) is 6.83. The first-order valence-electron chi connectivity index (χ1n) is 10.1. The van der Waals surface area contributed by atoms with Crippen molar-refractivity contribution in [2.45, 2.75) is 17.9 Å². The molecule has 0 spiro atoms. The molecule has 1 saturated heterocycles. The van der Waals surface area contributed by atoms with Crippen molar-refractivity contribution in [3.05, 3.63) is 76.5 Å². The lowest BCUT2D eigenvalue weighted by Gasteiger charge is -2.22. The third-order valence-electron chi connectivity index (χ3n) is 5.16. The normalized spacial score (nSPS) is 15.3. The van der Waals surface area contributed by atoms with Crippen LogP contribution in [0.3, 0.4) is 0 Å². The van der Waals surface area contributed by atoms with Crippen molar-refractivity contribution < 1.29 is 22.3 Å². The summed E-state index contributed by atoms with van der Waals surface area (Å²) in [5.74, 6) is -0.00444. The molecule has 1 aromatic heterocycles. The summed E-state index contributed by atoms with van der Waals surface area (Å²) >= 11 is 1.50. The van der Waals surface area contributed by atoms with Gasteiger partial charge in [-0.3, -0.25) is 4.79 Å². The van der Waals surface area contributed by atoms with Crippen LogP contribution in [0.25, 0.3) is 0 Å². The first-order valence-corrected chi connectivity index (χ1v) is 12.5. The minimum atomic E-state index is -3.74. The standard InChI is InChI=1S/C22H22FN3O4S2/c23-18-4-8-21(9-5-18)32(28,29)26-11-1-10-25(12-13-26)22(27)17-2-6-20(7-3-17)30-14-19-15-31-16-24-19/h2-9,15-16H,1,10-14H2. The molecule has 0 aliphatic carbocycles. The molecule has 32 heavy (non-hydrogen) atoms. The minimum Gasteiger partial charge on any atom is -0.487 e. The van der Waals surface area contributed by atoms with E-state index in [2.05, 4.69) is 4.98 Å². The number of carbonyl (C=O) groups excluding carboxylic acids is 1. The maximum Gasteiger partial charge on any atom is 0.253 e. The minimum absolute atomic E-state index is 0.0481. The lowest BCUT2D eigenvalue weighted by atomic mass is 10.2. The lowest BCUT2D eigenvalue weighted by Crippen LogP contribution is -2.37. The zero-order valence-corrected chi connectivity index (χ0v) is 18.8. The number of ether oxygens (including phenoxy) is 1. The summed E-state index contributed by atoms with van der Waals surface area (Å²) < 4.78 is 45.9. The largest absolute Gasteiger partial charge is 0.487 e. The van der Waals surface area contributed by atoms with Gasteiger partial charge in [0.05, 0.1) is 16.1 Å². The summed E-state index contributed by atoms with van der Waals surface area (Å²) in [5, 5.41) is 1.91. The van der Waals surface area contributed by atoms with Crippen LogP contribution in [-0.2, 0) is 16.6 Å². The molecule has 168 valence electrons. The molecule has 0 N–H and O–H groups in total. The van der Waals surface area contributed by atoms with Crippen LogP contribution < -0.4 is 4.74 Å². The van der Waals surface area contributed by atoms with E-state index >= 15 is 0 Å². The average Bonchev–Trinajstić information content (AvgIpc) is 3.20. The molecule has 1 aliphatic heterocycles. The summed E-state index contributed by atoms with van der Waals surface area (Å²) in [4.78, 5) is 18.8. The van der Waals surface area contributed by atoms with Gasteiger partial charge in [0.1, 0.15) is 18.2 Å². The second-order valence-electron chi connectivity index (χ2n) is 7.30.